The first-order valence-electron chi connectivity index (χ1n) is 7.27. The Labute approximate surface area is 119 Å². The molecule has 0 bridgehead atoms. The van der Waals surface area contributed by atoms with Crippen molar-refractivity contribution in [2.45, 2.75) is 12.8 Å². The zero-order valence-corrected chi connectivity index (χ0v) is 11.9. The molecule has 6 heteroatoms. The van der Waals surface area contributed by atoms with Crippen molar-refractivity contribution in [3.63, 3.8) is 0 Å². The lowest BCUT2D eigenvalue weighted by Gasteiger charge is -2.34. The highest BCUT2D eigenvalue weighted by Gasteiger charge is 2.28. The lowest BCUT2D eigenvalue weighted by molar-refractivity contribution is 0.0626. The Hall–Kier alpha value is -1.69. The van der Waals surface area contributed by atoms with Crippen molar-refractivity contribution < 1.29 is 4.79 Å². The number of hydrogen-bond acceptors (Lipinski definition) is 5. The second-order valence-corrected chi connectivity index (χ2v) is 5.58. The predicted octanol–water partition coefficient (Wildman–Crippen LogP) is 0.686. The summed E-state index contributed by atoms with van der Waals surface area (Å²) >= 11 is 0. The third kappa shape index (κ3) is 3.07. The predicted molar refractivity (Wildman–Crippen MR) is 76.6 cm³/mol. The van der Waals surface area contributed by atoms with Crippen molar-refractivity contribution >= 4 is 11.7 Å². The normalized spacial score (nSPS) is 19.9. The minimum atomic E-state index is -0.0133. The summed E-state index contributed by atoms with van der Waals surface area (Å²) in [6, 6.07) is 0. The van der Waals surface area contributed by atoms with Crippen LogP contribution in [0.25, 0.3) is 0 Å². The third-order valence-corrected chi connectivity index (χ3v) is 3.98. The fourth-order valence-corrected chi connectivity index (χ4v) is 2.55. The summed E-state index contributed by atoms with van der Waals surface area (Å²) < 4.78 is 0. The Morgan fingerprint density at radius 1 is 1.30 bits per heavy atom. The van der Waals surface area contributed by atoms with Gasteiger partial charge in [-0.1, -0.05) is 0 Å². The van der Waals surface area contributed by atoms with Crippen molar-refractivity contribution in [3.8, 4) is 0 Å². The highest BCUT2D eigenvalue weighted by Crippen LogP contribution is 2.29. The van der Waals surface area contributed by atoms with Crippen LogP contribution in [0.4, 0.5) is 5.82 Å². The van der Waals surface area contributed by atoms with Gasteiger partial charge in [-0.25, -0.2) is 4.98 Å². The van der Waals surface area contributed by atoms with Crippen LogP contribution >= 0.6 is 0 Å². The maximum absolute atomic E-state index is 12.4. The first kappa shape index (κ1) is 13.3. The molecule has 0 unspecified atom stereocenters. The molecule has 1 aromatic heterocycles. The summed E-state index contributed by atoms with van der Waals surface area (Å²) in [7, 11) is 1.77. The summed E-state index contributed by atoms with van der Waals surface area (Å²) in [5.41, 5.74) is 0.424. The molecule has 1 aliphatic carbocycles. The van der Waals surface area contributed by atoms with E-state index < -0.39 is 0 Å². The van der Waals surface area contributed by atoms with Crippen molar-refractivity contribution in [1.82, 2.24) is 19.8 Å². The van der Waals surface area contributed by atoms with Crippen LogP contribution in [0.5, 0.6) is 0 Å². The maximum atomic E-state index is 12.4. The molecule has 1 aromatic rings. The summed E-state index contributed by atoms with van der Waals surface area (Å²) in [5.74, 6) is 1.53. The molecule has 1 amide bonds. The van der Waals surface area contributed by atoms with Crippen LogP contribution < -0.4 is 5.32 Å². The average Bonchev–Trinajstić information content (AvgIpc) is 3.31. The van der Waals surface area contributed by atoms with Gasteiger partial charge < -0.3 is 10.2 Å². The van der Waals surface area contributed by atoms with Crippen molar-refractivity contribution in [1.29, 1.82) is 0 Å². The quantitative estimate of drug-likeness (QED) is 0.876. The summed E-state index contributed by atoms with van der Waals surface area (Å²) in [6.07, 6.45) is 5.92. The monoisotopic (exact) mass is 275 g/mol. The molecule has 3 rings (SSSR count). The number of piperazine rings is 1. The van der Waals surface area contributed by atoms with E-state index in [2.05, 4.69) is 20.2 Å². The number of carbonyl (C=O) groups is 1. The zero-order valence-electron chi connectivity index (χ0n) is 11.9. The van der Waals surface area contributed by atoms with Gasteiger partial charge in [-0.3, -0.25) is 14.7 Å². The summed E-state index contributed by atoms with van der Waals surface area (Å²) in [5, 5.41) is 2.91. The van der Waals surface area contributed by atoms with Gasteiger partial charge in [0, 0.05) is 39.8 Å². The molecule has 0 radical (unpaired) electrons. The Morgan fingerprint density at radius 3 is 2.70 bits per heavy atom. The molecule has 2 heterocycles. The molecule has 2 aliphatic rings. The van der Waals surface area contributed by atoms with E-state index in [9.17, 15) is 4.79 Å². The number of hydrogen-bond donors (Lipinski definition) is 1. The smallest absolute Gasteiger partial charge is 0.274 e. The summed E-state index contributed by atoms with van der Waals surface area (Å²) in [4.78, 5) is 25.1. The van der Waals surface area contributed by atoms with Gasteiger partial charge in [0.1, 0.15) is 11.5 Å². The van der Waals surface area contributed by atoms with E-state index in [0.29, 0.717) is 11.5 Å². The number of aromatic nitrogens is 2. The Bertz CT molecular complexity index is 480. The van der Waals surface area contributed by atoms with Crippen LogP contribution in [0, 0.1) is 5.92 Å². The first-order valence-corrected chi connectivity index (χ1v) is 7.27. The molecule has 1 N–H and O–H groups in total. The van der Waals surface area contributed by atoms with Crippen LogP contribution in [0.2, 0.25) is 0 Å². The average molecular weight is 275 g/mol. The van der Waals surface area contributed by atoms with Crippen LogP contribution in [-0.2, 0) is 0 Å². The number of nitrogens with one attached hydrogen (secondary N) is 1. The van der Waals surface area contributed by atoms with Gasteiger partial charge in [0.15, 0.2) is 0 Å². The van der Waals surface area contributed by atoms with E-state index in [0.717, 1.165) is 32.1 Å². The second-order valence-electron chi connectivity index (χ2n) is 5.58. The van der Waals surface area contributed by atoms with Crippen LogP contribution in [0.1, 0.15) is 23.3 Å². The van der Waals surface area contributed by atoms with E-state index in [1.54, 1.807) is 19.4 Å². The molecule has 1 aliphatic heterocycles. The van der Waals surface area contributed by atoms with Gasteiger partial charge in [0.2, 0.25) is 0 Å². The Kier molecular flexibility index (Phi) is 3.82. The third-order valence-electron chi connectivity index (χ3n) is 3.98. The number of rotatable bonds is 4. The lowest BCUT2D eigenvalue weighted by Crippen LogP contribution is -2.49. The maximum Gasteiger partial charge on any atom is 0.274 e. The van der Waals surface area contributed by atoms with E-state index in [-0.39, 0.29) is 5.91 Å². The van der Waals surface area contributed by atoms with Gasteiger partial charge in [-0.2, -0.15) is 0 Å². The summed E-state index contributed by atoms with van der Waals surface area (Å²) in [6.45, 7) is 4.73. The fraction of sp³-hybridized carbons (Fsp3) is 0.643. The van der Waals surface area contributed by atoms with Crippen LogP contribution in [0.3, 0.4) is 0 Å². The Morgan fingerprint density at radius 2 is 2.05 bits per heavy atom. The van der Waals surface area contributed by atoms with Crippen molar-refractivity contribution in [2.24, 2.45) is 5.92 Å². The SMILES string of the molecule is CNc1cncc(C(=O)N2CCN(CC3CC3)CC2)n1. The van der Waals surface area contributed by atoms with E-state index in [1.165, 1.54) is 19.4 Å². The molecule has 1 saturated heterocycles. The molecule has 108 valence electrons. The number of nitrogens with zero attached hydrogens (tertiary/aromatic N) is 4. The van der Waals surface area contributed by atoms with Crippen molar-refractivity contribution in [3.05, 3.63) is 18.1 Å². The van der Waals surface area contributed by atoms with Gasteiger partial charge in [0.25, 0.3) is 5.91 Å². The Balaban J connectivity index is 1.57. The largest absolute Gasteiger partial charge is 0.372 e. The van der Waals surface area contributed by atoms with E-state index in [1.807, 2.05) is 4.90 Å². The highest BCUT2D eigenvalue weighted by atomic mass is 16.2. The molecule has 0 aromatic carbocycles. The van der Waals surface area contributed by atoms with E-state index in [4.69, 9.17) is 0 Å². The van der Waals surface area contributed by atoms with Crippen molar-refractivity contribution in [2.75, 3.05) is 45.1 Å². The minimum absolute atomic E-state index is 0.0133. The van der Waals surface area contributed by atoms with Gasteiger partial charge in [0.05, 0.1) is 12.4 Å². The molecular formula is C14H21N5O. The van der Waals surface area contributed by atoms with E-state index >= 15 is 0 Å². The molecule has 1 saturated carbocycles. The lowest BCUT2D eigenvalue weighted by atomic mass is 10.2. The highest BCUT2D eigenvalue weighted by molar-refractivity contribution is 5.92. The van der Waals surface area contributed by atoms with Crippen LogP contribution in [0.15, 0.2) is 12.4 Å². The zero-order chi connectivity index (χ0) is 13.9. The molecule has 0 atom stereocenters. The standard InChI is InChI=1S/C14H21N5O/c1-15-13-9-16-8-12(17-13)14(20)19-6-4-18(5-7-19)10-11-2-3-11/h8-9,11H,2-7,10H2,1H3,(H,15,17). The number of amides is 1. The molecule has 20 heavy (non-hydrogen) atoms. The van der Waals surface area contributed by atoms with Crippen LogP contribution in [-0.4, -0.2) is 65.4 Å². The van der Waals surface area contributed by atoms with Gasteiger partial charge >= 0.3 is 0 Å². The number of carbonyl (C=O) groups excluding carboxylic acids is 1. The molecule has 6 nitrogen and oxygen atoms in total. The minimum Gasteiger partial charge on any atom is -0.372 e. The fourth-order valence-electron chi connectivity index (χ4n) is 2.55. The topological polar surface area (TPSA) is 61.4 Å². The first-order chi connectivity index (χ1) is 9.76. The molecule has 2 fully saturated rings. The molecular weight excluding hydrogens is 254 g/mol. The second kappa shape index (κ2) is 5.75. The molecule has 0 spiro atoms. The van der Waals surface area contributed by atoms with Gasteiger partial charge in [-0.15, -0.1) is 0 Å². The number of anilines is 1. The van der Waals surface area contributed by atoms with Gasteiger partial charge in [-0.05, 0) is 18.8 Å².